The Hall–Kier alpha value is -3.42. The lowest BCUT2D eigenvalue weighted by Crippen LogP contribution is -2.43. The molecule has 8 heteroatoms. The van der Waals surface area contributed by atoms with Crippen LogP contribution < -0.4 is 11.1 Å². The number of aliphatic hydroxyl groups is 1. The lowest BCUT2D eigenvalue weighted by molar-refractivity contribution is -0.125. The highest BCUT2D eigenvalue weighted by Crippen LogP contribution is 2.50. The molecule has 0 bridgehead atoms. The molecule has 3 aliphatic carbocycles. The normalized spacial score (nSPS) is 25.5. The van der Waals surface area contributed by atoms with Crippen molar-refractivity contribution in [3.8, 4) is 0 Å². The number of rotatable bonds is 2. The summed E-state index contributed by atoms with van der Waals surface area (Å²) in [4.78, 5) is 49.3. The van der Waals surface area contributed by atoms with Crippen LogP contribution in [0.25, 0.3) is 0 Å². The SMILES string of the molecule is CC1=C2C(=O)c3c(C)ccc(NC(=O)O)c3CC2CC2CC(O)=C(C(N)=O)C(=O)C12. The van der Waals surface area contributed by atoms with Crippen molar-refractivity contribution in [2.24, 2.45) is 23.5 Å². The lowest BCUT2D eigenvalue weighted by Gasteiger charge is -2.42. The Morgan fingerprint density at radius 3 is 2.50 bits per heavy atom. The number of amides is 2. The number of nitrogens with one attached hydrogen (secondary N) is 1. The van der Waals surface area contributed by atoms with E-state index in [2.05, 4.69) is 5.32 Å². The van der Waals surface area contributed by atoms with Crippen LogP contribution in [0.1, 0.15) is 41.3 Å². The molecule has 156 valence electrons. The van der Waals surface area contributed by atoms with Crippen LogP contribution in [0.4, 0.5) is 10.5 Å². The number of primary amides is 1. The topological polar surface area (TPSA) is 147 Å². The van der Waals surface area contributed by atoms with Crippen molar-refractivity contribution in [2.45, 2.75) is 33.1 Å². The largest absolute Gasteiger partial charge is 0.511 e. The van der Waals surface area contributed by atoms with Crippen molar-refractivity contribution in [1.82, 2.24) is 0 Å². The molecule has 0 radical (unpaired) electrons. The number of aliphatic hydroxyl groups excluding tert-OH is 1. The van der Waals surface area contributed by atoms with Gasteiger partial charge >= 0.3 is 6.09 Å². The first kappa shape index (κ1) is 19.9. The minimum Gasteiger partial charge on any atom is -0.511 e. The van der Waals surface area contributed by atoms with E-state index in [4.69, 9.17) is 10.8 Å². The van der Waals surface area contributed by atoms with E-state index in [1.807, 2.05) is 0 Å². The molecule has 8 nitrogen and oxygen atoms in total. The molecule has 3 atom stereocenters. The number of ketones is 2. The van der Waals surface area contributed by atoms with E-state index in [0.717, 1.165) is 5.56 Å². The van der Waals surface area contributed by atoms with Gasteiger partial charge < -0.3 is 15.9 Å². The molecule has 0 saturated heterocycles. The number of Topliss-reactive ketones (excluding diaryl/α,β-unsaturated/α-hetero) is 2. The Kier molecular flexibility index (Phi) is 4.52. The van der Waals surface area contributed by atoms with Crippen LogP contribution in [-0.2, 0) is 16.0 Å². The van der Waals surface area contributed by atoms with Gasteiger partial charge in [0.05, 0.1) is 0 Å². The quantitative estimate of drug-likeness (QED) is 0.551. The van der Waals surface area contributed by atoms with Crippen LogP contribution in [0.5, 0.6) is 0 Å². The standard InChI is InChI=1S/C22H22N2O6/c1-8-3-4-13(24-22(29)30)12-6-10-5-11-7-14(25)18(21(23)28)20(27)17(11)9(2)16(10)19(26)15(8)12/h3-4,10-11,17,24-25H,5-7H2,1-2H3,(H2,23,28)(H,29,30). The van der Waals surface area contributed by atoms with E-state index < -0.39 is 23.7 Å². The number of hydrogen-bond donors (Lipinski definition) is 4. The third-order valence-corrected chi connectivity index (χ3v) is 6.56. The molecule has 2 amide bonds. The smallest absolute Gasteiger partial charge is 0.409 e. The molecular weight excluding hydrogens is 388 g/mol. The van der Waals surface area contributed by atoms with Crippen LogP contribution >= 0.6 is 0 Å². The first-order chi connectivity index (χ1) is 14.1. The lowest BCUT2D eigenvalue weighted by atomic mass is 9.60. The molecule has 5 N–H and O–H groups in total. The molecule has 0 heterocycles. The summed E-state index contributed by atoms with van der Waals surface area (Å²) in [5.74, 6) is -3.11. The summed E-state index contributed by atoms with van der Waals surface area (Å²) in [6, 6.07) is 3.35. The van der Waals surface area contributed by atoms with Crippen molar-refractivity contribution < 1.29 is 29.4 Å². The average Bonchev–Trinajstić information content (AvgIpc) is 2.62. The zero-order chi connectivity index (χ0) is 21.9. The molecule has 3 aliphatic rings. The number of aryl methyl sites for hydroxylation is 1. The second kappa shape index (κ2) is 6.83. The minimum atomic E-state index is -1.21. The second-order valence-corrected chi connectivity index (χ2v) is 8.27. The van der Waals surface area contributed by atoms with Gasteiger partial charge in [-0.25, -0.2) is 4.79 Å². The van der Waals surface area contributed by atoms with Gasteiger partial charge in [0.15, 0.2) is 11.6 Å². The maximum Gasteiger partial charge on any atom is 0.409 e. The first-order valence-corrected chi connectivity index (χ1v) is 9.75. The maximum atomic E-state index is 13.5. The Bertz CT molecular complexity index is 1100. The molecule has 1 aromatic carbocycles. The van der Waals surface area contributed by atoms with Crippen molar-refractivity contribution >= 4 is 29.3 Å². The summed E-state index contributed by atoms with van der Waals surface area (Å²) in [7, 11) is 0. The van der Waals surface area contributed by atoms with Gasteiger partial charge in [-0.1, -0.05) is 11.6 Å². The molecule has 0 spiro atoms. The molecular formula is C22H22N2O6. The Morgan fingerprint density at radius 2 is 1.87 bits per heavy atom. The van der Waals surface area contributed by atoms with Crippen LogP contribution in [0.2, 0.25) is 0 Å². The predicted molar refractivity (Wildman–Crippen MR) is 107 cm³/mol. The highest BCUT2D eigenvalue weighted by molar-refractivity contribution is 6.22. The molecule has 0 saturated carbocycles. The summed E-state index contributed by atoms with van der Waals surface area (Å²) in [6.07, 6.45) is -0.132. The van der Waals surface area contributed by atoms with Gasteiger partial charge in [-0.3, -0.25) is 19.7 Å². The van der Waals surface area contributed by atoms with Gasteiger partial charge in [0, 0.05) is 29.2 Å². The van der Waals surface area contributed by atoms with Crippen LogP contribution in [0, 0.1) is 24.7 Å². The number of nitrogens with two attached hydrogens (primary N) is 1. The summed E-state index contributed by atoms with van der Waals surface area (Å²) < 4.78 is 0. The minimum absolute atomic E-state index is 0.144. The van der Waals surface area contributed by atoms with Gasteiger partial charge in [0.25, 0.3) is 5.91 Å². The van der Waals surface area contributed by atoms with Gasteiger partial charge in [0.1, 0.15) is 11.3 Å². The van der Waals surface area contributed by atoms with Gasteiger partial charge in [-0.2, -0.15) is 0 Å². The average molecular weight is 410 g/mol. The zero-order valence-corrected chi connectivity index (χ0v) is 16.6. The van der Waals surface area contributed by atoms with E-state index in [1.54, 1.807) is 26.0 Å². The number of fused-ring (bicyclic) bond motifs is 3. The van der Waals surface area contributed by atoms with Crippen LogP contribution in [-0.4, -0.2) is 33.8 Å². The summed E-state index contributed by atoms with van der Waals surface area (Å²) in [5, 5.41) is 21.7. The number of carbonyl (C=O) groups excluding carboxylic acids is 3. The van der Waals surface area contributed by atoms with Crippen molar-refractivity contribution in [2.75, 3.05) is 5.32 Å². The molecule has 0 fully saturated rings. The van der Waals surface area contributed by atoms with Crippen LogP contribution in [0.3, 0.4) is 0 Å². The molecule has 0 aliphatic heterocycles. The summed E-state index contributed by atoms with van der Waals surface area (Å²) in [6.45, 7) is 3.52. The number of hydrogen-bond acceptors (Lipinski definition) is 5. The Labute approximate surface area is 172 Å². The fraction of sp³-hybridized carbons (Fsp3) is 0.364. The third-order valence-electron chi connectivity index (χ3n) is 6.56. The maximum absolute atomic E-state index is 13.5. The van der Waals surface area contributed by atoms with E-state index >= 15 is 0 Å². The molecule has 1 aromatic rings. The number of benzene rings is 1. The molecule has 30 heavy (non-hydrogen) atoms. The number of carbonyl (C=O) groups is 4. The number of carboxylic acid groups (broad SMARTS) is 1. The second-order valence-electron chi connectivity index (χ2n) is 8.27. The van der Waals surface area contributed by atoms with Crippen molar-refractivity contribution in [3.05, 3.63) is 51.3 Å². The van der Waals surface area contributed by atoms with Crippen molar-refractivity contribution in [1.29, 1.82) is 0 Å². The van der Waals surface area contributed by atoms with E-state index in [0.29, 0.717) is 40.8 Å². The van der Waals surface area contributed by atoms with Gasteiger partial charge in [-0.15, -0.1) is 0 Å². The van der Waals surface area contributed by atoms with E-state index in [1.165, 1.54) is 0 Å². The summed E-state index contributed by atoms with van der Waals surface area (Å²) in [5.41, 5.74) is 8.32. The zero-order valence-electron chi connectivity index (χ0n) is 16.6. The molecule has 4 rings (SSSR count). The first-order valence-electron chi connectivity index (χ1n) is 9.75. The highest BCUT2D eigenvalue weighted by atomic mass is 16.4. The Morgan fingerprint density at radius 1 is 1.17 bits per heavy atom. The third kappa shape index (κ3) is 2.82. The van der Waals surface area contributed by atoms with Gasteiger partial charge in [0.2, 0.25) is 0 Å². The number of anilines is 1. The fourth-order valence-corrected chi connectivity index (χ4v) is 5.44. The fourth-order valence-electron chi connectivity index (χ4n) is 5.44. The Balaban J connectivity index is 1.84. The van der Waals surface area contributed by atoms with E-state index in [-0.39, 0.29) is 35.4 Å². The van der Waals surface area contributed by atoms with Crippen LogP contribution in [0.15, 0.2) is 34.6 Å². The highest BCUT2D eigenvalue weighted by Gasteiger charge is 2.48. The summed E-state index contributed by atoms with van der Waals surface area (Å²) >= 11 is 0. The number of allylic oxidation sites excluding steroid dienone is 3. The predicted octanol–water partition coefficient (Wildman–Crippen LogP) is 2.66. The molecule has 3 unspecified atom stereocenters. The van der Waals surface area contributed by atoms with Gasteiger partial charge in [-0.05, 0) is 55.7 Å². The van der Waals surface area contributed by atoms with Crippen molar-refractivity contribution in [3.63, 3.8) is 0 Å². The monoisotopic (exact) mass is 410 g/mol. The van der Waals surface area contributed by atoms with E-state index in [9.17, 15) is 24.3 Å². The molecule has 0 aromatic heterocycles.